The molecule has 1 aromatic heterocycles. The average Bonchev–Trinajstić information content (AvgIpc) is 3.03. The Labute approximate surface area is 167 Å². The van der Waals surface area contributed by atoms with Crippen molar-refractivity contribution in [1.29, 1.82) is 0 Å². The molecule has 0 spiro atoms. The van der Waals surface area contributed by atoms with Gasteiger partial charge in [-0.3, -0.25) is 9.59 Å². The van der Waals surface area contributed by atoms with Crippen LogP contribution in [0, 0.1) is 11.3 Å². The number of aryl methyl sites for hydroxylation is 1. The topological polar surface area (TPSA) is 77.1 Å². The van der Waals surface area contributed by atoms with E-state index in [1.165, 1.54) is 32.1 Å². The molecule has 0 saturated heterocycles. The minimum absolute atomic E-state index is 0.244. The zero-order chi connectivity index (χ0) is 20.3. The van der Waals surface area contributed by atoms with E-state index in [1.54, 1.807) is 0 Å². The molecule has 5 heteroatoms. The lowest BCUT2D eigenvalue weighted by Crippen LogP contribution is -2.52. The monoisotopic (exact) mass is 383 g/mol. The quantitative estimate of drug-likeness (QED) is 0.782. The molecule has 5 nitrogen and oxygen atoms in total. The van der Waals surface area contributed by atoms with E-state index in [9.17, 15) is 9.59 Å². The highest BCUT2D eigenvalue weighted by molar-refractivity contribution is 6.08. The van der Waals surface area contributed by atoms with Crippen LogP contribution in [0.25, 0.3) is 10.9 Å². The van der Waals surface area contributed by atoms with Gasteiger partial charge in [0.1, 0.15) is 6.04 Å². The van der Waals surface area contributed by atoms with Crippen molar-refractivity contribution in [3.63, 3.8) is 0 Å². The zero-order valence-electron chi connectivity index (χ0n) is 17.3. The van der Waals surface area contributed by atoms with Crippen molar-refractivity contribution in [2.75, 3.05) is 0 Å². The first kappa shape index (κ1) is 20.4. The molecule has 152 valence electrons. The molecule has 1 aliphatic rings. The molecule has 0 radical (unpaired) electrons. The molecule has 0 bridgehead atoms. The van der Waals surface area contributed by atoms with E-state index >= 15 is 0 Å². The Bertz CT molecular complexity index is 841. The molecule has 3 rings (SSSR count). The molecule has 1 fully saturated rings. The number of aromatic nitrogens is 1. The van der Waals surface area contributed by atoms with Crippen molar-refractivity contribution < 1.29 is 9.59 Å². The van der Waals surface area contributed by atoms with E-state index < -0.39 is 17.4 Å². The smallest absolute Gasteiger partial charge is 0.254 e. The van der Waals surface area contributed by atoms with Crippen LogP contribution < -0.4 is 11.1 Å². The highest BCUT2D eigenvalue weighted by atomic mass is 16.2. The maximum atomic E-state index is 13.0. The van der Waals surface area contributed by atoms with E-state index in [-0.39, 0.29) is 5.91 Å². The number of para-hydroxylation sites is 1. The summed E-state index contributed by atoms with van der Waals surface area (Å²) >= 11 is 0. The SMILES string of the molecule is CC(C)(C)[C@H](NC(=O)c1cn(CCC2CCCCC2)c2ccccc12)C(N)=O. The number of fused-ring (bicyclic) bond motifs is 1. The number of nitrogens with zero attached hydrogens (tertiary/aromatic N) is 1. The van der Waals surface area contributed by atoms with E-state index in [4.69, 9.17) is 5.73 Å². The van der Waals surface area contributed by atoms with Gasteiger partial charge in [-0.05, 0) is 23.8 Å². The number of primary amides is 1. The fourth-order valence-electron chi connectivity index (χ4n) is 4.33. The van der Waals surface area contributed by atoms with E-state index in [1.807, 2.05) is 45.2 Å². The Morgan fingerprint density at radius 3 is 2.50 bits per heavy atom. The van der Waals surface area contributed by atoms with Crippen molar-refractivity contribution in [3.05, 3.63) is 36.0 Å². The standard InChI is InChI=1S/C23H33N3O2/c1-23(2,3)20(21(24)27)25-22(28)18-15-26(19-12-8-7-11-17(18)19)14-13-16-9-5-4-6-10-16/h7-8,11-12,15-16,20H,4-6,9-10,13-14H2,1-3H3,(H2,24,27)(H,25,28)/t20-/m1/s1. The summed E-state index contributed by atoms with van der Waals surface area (Å²) in [5.41, 5.74) is 6.77. The number of nitrogens with one attached hydrogen (secondary N) is 1. The van der Waals surface area contributed by atoms with Crippen molar-refractivity contribution in [1.82, 2.24) is 9.88 Å². The fourth-order valence-corrected chi connectivity index (χ4v) is 4.33. The Morgan fingerprint density at radius 2 is 1.86 bits per heavy atom. The van der Waals surface area contributed by atoms with Gasteiger partial charge in [0, 0.05) is 23.6 Å². The minimum Gasteiger partial charge on any atom is -0.368 e. The third-order valence-electron chi connectivity index (χ3n) is 5.96. The Hall–Kier alpha value is -2.30. The second-order valence-electron chi connectivity index (χ2n) is 9.22. The summed E-state index contributed by atoms with van der Waals surface area (Å²) in [7, 11) is 0. The van der Waals surface area contributed by atoms with Crippen LogP contribution in [0.15, 0.2) is 30.5 Å². The summed E-state index contributed by atoms with van der Waals surface area (Å²) in [6.07, 6.45) is 9.76. The van der Waals surface area contributed by atoms with Gasteiger partial charge < -0.3 is 15.6 Å². The number of rotatable bonds is 6. The lowest BCUT2D eigenvalue weighted by molar-refractivity contribution is -0.122. The lowest BCUT2D eigenvalue weighted by atomic mass is 9.86. The van der Waals surface area contributed by atoms with Crippen LogP contribution in [0.5, 0.6) is 0 Å². The lowest BCUT2D eigenvalue weighted by Gasteiger charge is -2.28. The molecule has 1 saturated carbocycles. The van der Waals surface area contributed by atoms with Gasteiger partial charge in [-0.2, -0.15) is 0 Å². The molecular weight excluding hydrogens is 350 g/mol. The van der Waals surface area contributed by atoms with Crippen molar-refractivity contribution in [2.24, 2.45) is 17.1 Å². The van der Waals surface area contributed by atoms with Gasteiger partial charge in [0.25, 0.3) is 5.91 Å². The number of carbonyl (C=O) groups excluding carboxylic acids is 2. The Kier molecular flexibility index (Phi) is 6.11. The Balaban J connectivity index is 1.82. The first-order valence-corrected chi connectivity index (χ1v) is 10.5. The van der Waals surface area contributed by atoms with Gasteiger partial charge in [-0.25, -0.2) is 0 Å². The van der Waals surface area contributed by atoms with Crippen molar-refractivity contribution in [2.45, 2.75) is 71.9 Å². The molecule has 0 aliphatic heterocycles. The van der Waals surface area contributed by atoms with Gasteiger partial charge in [0.05, 0.1) is 5.56 Å². The van der Waals surface area contributed by atoms with Crippen molar-refractivity contribution >= 4 is 22.7 Å². The van der Waals surface area contributed by atoms with Crippen LogP contribution in [0.3, 0.4) is 0 Å². The number of carbonyl (C=O) groups is 2. The summed E-state index contributed by atoms with van der Waals surface area (Å²) in [4.78, 5) is 24.9. The number of benzene rings is 1. The maximum Gasteiger partial charge on any atom is 0.254 e. The number of hydrogen-bond acceptors (Lipinski definition) is 2. The van der Waals surface area contributed by atoms with Crippen LogP contribution in [-0.2, 0) is 11.3 Å². The second kappa shape index (κ2) is 8.38. The highest BCUT2D eigenvalue weighted by Gasteiger charge is 2.32. The van der Waals surface area contributed by atoms with Gasteiger partial charge in [0.2, 0.25) is 5.91 Å². The predicted octanol–water partition coefficient (Wildman–Crippen LogP) is 4.24. The Morgan fingerprint density at radius 1 is 1.18 bits per heavy atom. The largest absolute Gasteiger partial charge is 0.368 e. The molecule has 2 amide bonds. The van der Waals surface area contributed by atoms with Gasteiger partial charge >= 0.3 is 0 Å². The molecule has 1 aliphatic carbocycles. The molecular formula is C23H33N3O2. The zero-order valence-corrected chi connectivity index (χ0v) is 17.3. The molecule has 0 unspecified atom stereocenters. The fraction of sp³-hybridized carbons (Fsp3) is 0.565. The molecule has 1 heterocycles. The van der Waals surface area contributed by atoms with Crippen LogP contribution in [-0.4, -0.2) is 22.4 Å². The molecule has 2 aromatic rings. The number of amides is 2. The first-order chi connectivity index (χ1) is 13.3. The third-order valence-corrected chi connectivity index (χ3v) is 5.96. The minimum atomic E-state index is -0.718. The van der Waals surface area contributed by atoms with Crippen LogP contribution in [0.4, 0.5) is 0 Å². The average molecular weight is 384 g/mol. The van der Waals surface area contributed by atoms with Gasteiger partial charge in [-0.1, -0.05) is 71.1 Å². The molecule has 1 aromatic carbocycles. The van der Waals surface area contributed by atoms with E-state index in [0.717, 1.165) is 29.8 Å². The van der Waals surface area contributed by atoms with Crippen LogP contribution in [0.1, 0.15) is 69.7 Å². The van der Waals surface area contributed by atoms with Crippen LogP contribution in [0.2, 0.25) is 0 Å². The third kappa shape index (κ3) is 4.57. The second-order valence-corrected chi connectivity index (χ2v) is 9.22. The molecule has 3 N–H and O–H groups in total. The predicted molar refractivity (Wildman–Crippen MR) is 113 cm³/mol. The normalized spacial score (nSPS) is 16.8. The molecule has 28 heavy (non-hydrogen) atoms. The summed E-state index contributed by atoms with van der Waals surface area (Å²) in [6, 6.07) is 7.26. The first-order valence-electron chi connectivity index (χ1n) is 10.5. The van der Waals surface area contributed by atoms with Gasteiger partial charge in [-0.15, -0.1) is 0 Å². The van der Waals surface area contributed by atoms with Crippen molar-refractivity contribution in [3.8, 4) is 0 Å². The number of nitrogens with two attached hydrogens (primary N) is 1. The summed E-state index contributed by atoms with van der Waals surface area (Å²) in [5, 5.41) is 3.77. The maximum absolute atomic E-state index is 13.0. The number of hydrogen-bond donors (Lipinski definition) is 2. The summed E-state index contributed by atoms with van der Waals surface area (Å²) < 4.78 is 2.19. The van der Waals surface area contributed by atoms with Crippen LogP contribution >= 0.6 is 0 Å². The van der Waals surface area contributed by atoms with Gasteiger partial charge in [0.15, 0.2) is 0 Å². The molecule has 1 atom stereocenters. The summed E-state index contributed by atoms with van der Waals surface area (Å²) in [5.74, 6) is 0.0283. The van der Waals surface area contributed by atoms with E-state index in [2.05, 4.69) is 16.0 Å². The van der Waals surface area contributed by atoms with E-state index in [0.29, 0.717) is 5.56 Å². The summed E-state index contributed by atoms with van der Waals surface area (Å²) in [6.45, 7) is 6.61. The highest BCUT2D eigenvalue weighted by Crippen LogP contribution is 2.29.